The molecule has 2 heterocycles. The van der Waals surface area contributed by atoms with Crippen LogP contribution in [0.5, 0.6) is 0 Å². The third-order valence-electron chi connectivity index (χ3n) is 2.73. The lowest BCUT2D eigenvalue weighted by Crippen LogP contribution is -2.21. The zero-order chi connectivity index (χ0) is 13.2. The number of nitrogens with zero attached hydrogens (tertiary/aromatic N) is 2. The molecule has 0 aliphatic heterocycles. The number of fused-ring (bicyclic) bond motifs is 1. The summed E-state index contributed by atoms with van der Waals surface area (Å²) in [5.74, 6) is 0.253. The largest absolute Gasteiger partial charge is 0.298 e. The van der Waals surface area contributed by atoms with Gasteiger partial charge in [0.05, 0.1) is 17.6 Å². The van der Waals surface area contributed by atoms with E-state index in [2.05, 4.69) is 4.98 Å². The number of rotatable bonds is 5. The van der Waals surface area contributed by atoms with Crippen LogP contribution in [0.1, 0.15) is 13.3 Å². The Kier molecular flexibility index (Phi) is 3.82. The summed E-state index contributed by atoms with van der Waals surface area (Å²) in [5, 5.41) is 1.82. The fraction of sp³-hybridized carbons (Fsp3) is 0.455. The molecule has 0 spiro atoms. The average Bonchev–Trinajstić information content (AvgIpc) is 2.81. The SMILES string of the molecule is CCS(=O)(=O)CCCn1cnc2ccsc2c1=O. The van der Waals surface area contributed by atoms with E-state index in [1.54, 1.807) is 13.0 Å². The summed E-state index contributed by atoms with van der Waals surface area (Å²) in [4.78, 5) is 16.2. The van der Waals surface area contributed by atoms with Crippen LogP contribution in [0.4, 0.5) is 0 Å². The van der Waals surface area contributed by atoms with Crippen LogP contribution in [-0.4, -0.2) is 29.5 Å². The molecular formula is C11H14N2O3S2. The van der Waals surface area contributed by atoms with Crippen molar-refractivity contribution in [2.24, 2.45) is 0 Å². The van der Waals surface area contributed by atoms with Crippen LogP contribution in [0.2, 0.25) is 0 Å². The van der Waals surface area contributed by atoms with Crippen LogP contribution in [0, 0.1) is 0 Å². The second-order valence-corrected chi connectivity index (χ2v) is 7.36. The molecule has 0 saturated heterocycles. The molecule has 0 fully saturated rings. The summed E-state index contributed by atoms with van der Waals surface area (Å²) >= 11 is 1.36. The number of aryl methyl sites for hydroxylation is 1. The quantitative estimate of drug-likeness (QED) is 0.830. The lowest BCUT2D eigenvalue weighted by atomic mass is 10.4. The average molecular weight is 286 g/mol. The topological polar surface area (TPSA) is 69.0 Å². The Morgan fingerprint density at radius 3 is 2.94 bits per heavy atom. The van der Waals surface area contributed by atoms with Crippen molar-refractivity contribution in [3.63, 3.8) is 0 Å². The predicted molar refractivity (Wildman–Crippen MR) is 72.8 cm³/mol. The number of hydrogen-bond acceptors (Lipinski definition) is 5. The fourth-order valence-corrected chi connectivity index (χ4v) is 3.29. The number of aromatic nitrogens is 2. The van der Waals surface area contributed by atoms with Crippen molar-refractivity contribution in [3.8, 4) is 0 Å². The Morgan fingerprint density at radius 2 is 2.22 bits per heavy atom. The van der Waals surface area contributed by atoms with Crippen LogP contribution in [0.25, 0.3) is 10.2 Å². The van der Waals surface area contributed by atoms with Crippen molar-refractivity contribution in [1.82, 2.24) is 9.55 Å². The van der Waals surface area contributed by atoms with Gasteiger partial charge in [0.25, 0.3) is 5.56 Å². The number of thiophene rings is 1. The minimum absolute atomic E-state index is 0.0936. The van der Waals surface area contributed by atoms with Crippen LogP contribution >= 0.6 is 11.3 Å². The number of hydrogen-bond donors (Lipinski definition) is 0. The monoisotopic (exact) mass is 286 g/mol. The molecule has 0 unspecified atom stereocenters. The molecular weight excluding hydrogens is 272 g/mol. The van der Waals surface area contributed by atoms with E-state index in [1.165, 1.54) is 22.2 Å². The van der Waals surface area contributed by atoms with Crippen molar-refractivity contribution in [2.75, 3.05) is 11.5 Å². The van der Waals surface area contributed by atoms with Crippen LogP contribution < -0.4 is 5.56 Å². The summed E-state index contributed by atoms with van der Waals surface area (Å²) < 4.78 is 24.8. The molecule has 98 valence electrons. The maximum Gasteiger partial charge on any atom is 0.271 e. The fourth-order valence-electron chi connectivity index (χ4n) is 1.64. The smallest absolute Gasteiger partial charge is 0.271 e. The zero-order valence-electron chi connectivity index (χ0n) is 10.00. The highest BCUT2D eigenvalue weighted by atomic mass is 32.2. The van der Waals surface area contributed by atoms with Gasteiger partial charge in [-0.25, -0.2) is 13.4 Å². The van der Waals surface area contributed by atoms with Crippen LogP contribution in [-0.2, 0) is 16.4 Å². The van der Waals surface area contributed by atoms with E-state index in [4.69, 9.17) is 0 Å². The standard InChI is InChI=1S/C11H14N2O3S2/c1-2-18(15,16)7-3-5-13-8-12-9-4-6-17-10(9)11(13)14/h4,6,8H,2-3,5,7H2,1H3. The van der Waals surface area contributed by atoms with Crippen molar-refractivity contribution < 1.29 is 8.42 Å². The second kappa shape index (κ2) is 5.19. The summed E-state index contributed by atoms with van der Waals surface area (Å²) in [6, 6.07) is 1.80. The molecule has 2 aromatic heterocycles. The Hall–Kier alpha value is -1.21. The lowest BCUT2D eigenvalue weighted by molar-refractivity contribution is 0.584. The molecule has 2 rings (SSSR count). The first-order valence-electron chi connectivity index (χ1n) is 5.66. The normalized spacial score (nSPS) is 12.1. The highest BCUT2D eigenvalue weighted by molar-refractivity contribution is 7.91. The summed E-state index contributed by atoms with van der Waals surface area (Å²) in [7, 11) is -2.97. The van der Waals surface area contributed by atoms with E-state index in [9.17, 15) is 13.2 Å². The van der Waals surface area contributed by atoms with E-state index in [0.717, 1.165) is 0 Å². The van der Waals surface area contributed by atoms with Gasteiger partial charge in [-0.05, 0) is 17.9 Å². The van der Waals surface area contributed by atoms with Crippen LogP contribution in [0.3, 0.4) is 0 Å². The summed E-state index contributed by atoms with van der Waals surface area (Å²) in [6.45, 7) is 2.01. The predicted octanol–water partition coefficient (Wildman–Crippen LogP) is 1.28. The summed E-state index contributed by atoms with van der Waals surface area (Å²) in [6.07, 6.45) is 1.92. The van der Waals surface area contributed by atoms with Crippen molar-refractivity contribution in [2.45, 2.75) is 19.9 Å². The Balaban J connectivity index is 2.13. The first-order valence-corrected chi connectivity index (χ1v) is 8.36. The Morgan fingerprint density at radius 1 is 1.44 bits per heavy atom. The molecule has 0 N–H and O–H groups in total. The Bertz CT molecular complexity index is 700. The van der Waals surface area contributed by atoms with E-state index < -0.39 is 9.84 Å². The van der Waals surface area contributed by atoms with Gasteiger partial charge in [-0.15, -0.1) is 11.3 Å². The third-order valence-corrected chi connectivity index (χ3v) is 5.41. The lowest BCUT2D eigenvalue weighted by Gasteiger charge is -2.05. The highest BCUT2D eigenvalue weighted by Crippen LogP contribution is 2.13. The van der Waals surface area contributed by atoms with Crippen molar-refractivity contribution in [3.05, 3.63) is 28.1 Å². The molecule has 0 aliphatic carbocycles. The van der Waals surface area contributed by atoms with Gasteiger partial charge < -0.3 is 0 Å². The molecule has 0 aromatic carbocycles. The van der Waals surface area contributed by atoms with E-state index in [0.29, 0.717) is 23.2 Å². The minimum atomic E-state index is -2.97. The van der Waals surface area contributed by atoms with Crippen molar-refractivity contribution >= 4 is 31.4 Å². The zero-order valence-corrected chi connectivity index (χ0v) is 11.6. The van der Waals surface area contributed by atoms with Crippen molar-refractivity contribution in [1.29, 1.82) is 0 Å². The molecule has 0 aliphatic rings. The molecule has 0 amide bonds. The molecule has 7 heteroatoms. The van der Waals surface area contributed by atoms with E-state index in [1.807, 2.05) is 5.38 Å². The van der Waals surface area contributed by atoms with E-state index in [-0.39, 0.29) is 17.1 Å². The van der Waals surface area contributed by atoms with Gasteiger partial charge >= 0.3 is 0 Å². The van der Waals surface area contributed by atoms with Gasteiger partial charge in [-0.3, -0.25) is 9.36 Å². The van der Waals surface area contributed by atoms with E-state index >= 15 is 0 Å². The first-order chi connectivity index (χ1) is 8.53. The second-order valence-electron chi connectivity index (χ2n) is 3.97. The Labute approximate surface area is 109 Å². The first kappa shape index (κ1) is 13.2. The maximum absolute atomic E-state index is 12.0. The molecule has 5 nitrogen and oxygen atoms in total. The summed E-state index contributed by atoms with van der Waals surface area (Å²) in [5.41, 5.74) is 0.603. The molecule has 18 heavy (non-hydrogen) atoms. The van der Waals surface area contributed by atoms with Gasteiger partial charge in [-0.1, -0.05) is 6.92 Å². The molecule has 2 aromatic rings. The number of sulfone groups is 1. The minimum Gasteiger partial charge on any atom is -0.298 e. The molecule has 0 radical (unpaired) electrons. The highest BCUT2D eigenvalue weighted by Gasteiger charge is 2.09. The molecule has 0 saturated carbocycles. The maximum atomic E-state index is 12.0. The van der Waals surface area contributed by atoms with Gasteiger partial charge in [0, 0.05) is 12.3 Å². The molecule has 0 bridgehead atoms. The van der Waals surface area contributed by atoms with Gasteiger partial charge in [-0.2, -0.15) is 0 Å². The third kappa shape index (κ3) is 2.78. The van der Waals surface area contributed by atoms with Gasteiger partial charge in [0.15, 0.2) is 0 Å². The van der Waals surface area contributed by atoms with Crippen LogP contribution in [0.15, 0.2) is 22.6 Å². The van der Waals surface area contributed by atoms with Gasteiger partial charge in [0.1, 0.15) is 14.5 Å². The molecule has 0 atom stereocenters. The van der Waals surface area contributed by atoms with Gasteiger partial charge in [0.2, 0.25) is 0 Å².